The summed E-state index contributed by atoms with van der Waals surface area (Å²) in [6.45, 7) is 1.59. The molecule has 0 fully saturated rings. The average Bonchev–Trinajstić information content (AvgIpc) is 3.11. The third-order valence-corrected chi connectivity index (χ3v) is 4.55. The van der Waals surface area contributed by atoms with Gasteiger partial charge in [0, 0.05) is 5.69 Å². The number of rotatable bonds is 5. The Bertz CT molecular complexity index is 933. The Morgan fingerprint density at radius 3 is 2.58 bits per heavy atom. The minimum absolute atomic E-state index is 0.425. The number of carbonyl (C=O) groups excluding carboxylic acids is 1. The third-order valence-electron chi connectivity index (χ3n) is 3.50. The number of anilines is 1. The predicted octanol–water partition coefficient (Wildman–Crippen LogP) is 3.80. The van der Waals surface area contributed by atoms with Crippen LogP contribution in [0.5, 0.6) is 0 Å². The minimum Gasteiger partial charge on any atom is -0.323 e. The van der Waals surface area contributed by atoms with Gasteiger partial charge in [-0.15, -0.1) is 10.2 Å². The molecule has 134 valence electrons. The van der Waals surface area contributed by atoms with E-state index in [1.807, 2.05) is 30.3 Å². The smallest absolute Gasteiger partial charge is 0.237 e. The fourth-order valence-corrected chi connectivity index (χ4v) is 2.98. The van der Waals surface area contributed by atoms with Crippen molar-refractivity contribution < 1.29 is 18.0 Å². The Morgan fingerprint density at radius 1 is 1.12 bits per heavy atom. The van der Waals surface area contributed by atoms with Crippen LogP contribution in [0, 0.1) is 17.5 Å². The quantitative estimate of drug-likeness (QED) is 0.542. The summed E-state index contributed by atoms with van der Waals surface area (Å²) in [6.07, 6.45) is 1.51. The molecular weight excluding hydrogens is 365 g/mol. The Kier molecular flexibility index (Phi) is 5.27. The van der Waals surface area contributed by atoms with Crippen molar-refractivity contribution in [3.8, 4) is 5.69 Å². The Morgan fingerprint density at radius 2 is 1.85 bits per heavy atom. The van der Waals surface area contributed by atoms with Gasteiger partial charge in [-0.2, -0.15) is 0 Å². The number of hydrogen-bond donors (Lipinski definition) is 1. The van der Waals surface area contributed by atoms with E-state index in [4.69, 9.17) is 0 Å². The number of halogens is 3. The van der Waals surface area contributed by atoms with E-state index in [-0.39, 0.29) is 0 Å². The van der Waals surface area contributed by atoms with Crippen molar-refractivity contribution in [1.29, 1.82) is 0 Å². The van der Waals surface area contributed by atoms with E-state index in [2.05, 4.69) is 15.5 Å². The highest BCUT2D eigenvalue weighted by Crippen LogP contribution is 2.26. The van der Waals surface area contributed by atoms with E-state index in [1.165, 1.54) is 6.33 Å². The molecule has 1 aromatic heterocycles. The maximum atomic E-state index is 13.7. The van der Waals surface area contributed by atoms with E-state index in [0.29, 0.717) is 5.16 Å². The average molecular weight is 378 g/mol. The summed E-state index contributed by atoms with van der Waals surface area (Å²) in [5.74, 6) is -4.98. The highest BCUT2D eigenvalue weighted by molar-refractivity contribution is 8.00. The van der Waals surface area contributed by atoms with Crippen molar-refractivity contribution in [1.82, 2.24) is 14.8 Å². The van der Waals surface area contributed by atoms with Gasteiger partial charge in [-0.3, -0.25) is 9.36 Å². The Labute approximate surface area is 151 Å². The van der Waals surface area contributed by atoms with E-state index in [9.17, 15) is 18.0 Å². The monoisotopic (exact) mass is 378 g/mol. The molecule has 0 radical (unpaired) electrons. The van der Waals surface area contributed by atoms with Gasteiger partial charge in [-0.05, 0) is 31.2 Å². The zero-order valence-corrected chi connectivity index (χ0v) is 14.3. The van der Waals surface area contributed by atoms with Gasteiger partial charge in [-0.1, -0.05) is 30.0 Å². The second-order valence-corrected chi connectivity index (χ2v) is 6.60. The van der Waals surface area contributed by atoms with Crippen molar-refractivity contribution >= 4 is 23.4 Å². The molecular formula is C17H13F3N4OS. The molecule has 0 aliphatic rings. The van der Waals surface area contributed by atoms with Crippen LogP contribution in [-0.4, -0.2) is 25.9 Å². The summed E-state index contributed by atoms with van der Waals surface area (Å²) in [5.41, 5.74) is 0.394. The van der Waals surface area contributed by atoms with Crippen molar-refractivity contribution in [3.05, 3.63) is 66.2 Å². The number of carbonyl (C=O) groups is 1. The van der Waals surface area contributed by atoms with Gasteiger partial charge in [0.05, 0.1) is 10.9 Å². The molecule has 3 aromatic rings. The number of thioether (sulfide) groups is 1. The minimum atomic E-state index is -1.63. The van der Waals surface area contributed by atoms with E-state index in [0.717, 1.165) is 29.6 Å². The van der Waals surface area contributed by atoms with Crippen LogP contribution in [-0.2, 0) is 4.79 Å². The molecule has 0 aliphatic carbocycles. The lowest BCUT2D eigenvalue weighted by molar-refractivity contribution is -0.115. The molecule has 3 rings (SSSR count). The first kappa shape index (κ1) is 18.0. The molecule has 1 heterocycles. The van der Waals surface area contributed by atoms with E-state index < -0.39 is 34.3 Å². The number of hydrogen-bond acceptors (Lipinski definition) is 4. The van der Waals surface area contributed by atoms with Gasteiger partial charge >= 0.3 is 0 Å². The topological polar surface area (TPSA) is 59.8 Å². The molecule has 26 heavy (non-hydrogen) atoms. The third kappa shape index (κ3) is 3.72. The highest BCUT2D eigenvalue weighted by Gasteiger charge is 2.21. The summed E-state index contributed by atoms with van der Waals surface area (Å²) in [5, 5.41) is 9.84. The largest absolute Gasteiger partial charge is 0.323 e. The van der Waals surface area contributed by atoms with Crippen molar-refractivity contribution in [2.75, 3.05) is 5.32 Å². The summed E-state index contributed by atoms with van der Waals surface area (Å²) < 4.78 is 41.6. The zero-order chi connectivity index (χ0) is 18.7. The lowest BCUT2D eigenvalue weighted by atomic mass is 10.2. The molecule has 0 spiro atoms. The summed E-state index contributed by atoms with van der Waals surface area (Å²) in [7, 11) is 0. The standard InChI is InChI=1S/C17H13F3N4OS/c1-10(16(25)22-13-8-7-12(18)14(19)15(13)20)26-17-23-21-9-24(17)11-5-3-2-4-6-11/h2-10H,1H3,(H,22,25)/t10-/m1/s1. The Balaban J connectivity index is 1.73. The summed E-state index contributed by atoms with van der Waals surface area (Å²) in [4.78, 5) is 12.3. The maximum absolute atomic E-state index is 13.7. The molecule has 0 unspecified atom stereocenters. The lowest BCUT2D eigenvalue weighted by Crippen LogP contribution is -2.23. The fraction of sp³-hybridized carbons (Fsp3) is 0.118. The highest BCUT2D eigenvalue weighted by atomic mass is 32.2. The molecule has 0 bridgehead atoms. The first-order valence-corrected chi connectivity index (χ1v) is 8.42. The SMILES string of the molecule is C[C@@H](Sc1nncn1-c1ccccc1)C(=O)Nc1ccc(F)c(F)c1F. The van der Waals surface area contributed by atoms with Crippen molar-refractivity contribution in [2.45, 2.75) is 17.3 Å². The predicted molar refractivity (Wildman–Crippen MR) is 91.6 cm³/mol. The summed E-state index contributed by atoms with van der Waals surface area (Å²) in [6, 6.07) is 11.0. The molecule has 2 aromatic carbocycles. The second kappa shape index (κ2) is 7.61. The first-order valence-electron chi connectivity index (χ1n) is 7.54. The maximum Gasteiger partial charge on any atom is 0.237 e. The number of benzene rings is 2. The molecule has 0 saturated carbocycles. The van der Waals surface area contributed by atoms with Crippen LogP contribution < -0.4 is 5.32 Å². The van der Waals surface area contributed by atoms with E-state index >= 15 is 0 Å². The van der Waals surface area contributed by atoms with Crippen molar-refractivity contribution in [3.63, 3.8) is 0 Å². The Hall–Kier alpha value is -2.81. The molecule has 5 nitrogen and oxygen atoms in total. The molecule has 1 N–H and O–H groups in total. The van der Waals surface area contributed by atoms with Gasteiger partial charge in [-0.25, -0.2) is 13.2 Å². The second-order valence-electron chi connectivity index (χ2n) is 5.29. The van der Waals surface area contributed by atoms with Crippen LogP contribution in [0.25, 0.3) is 5.69 Å². The molecule has 9 heteroatoms. The normalized spacial score (nSPS) is 12.0. The number of para-hydroxylation sites is 1. The van der Waals surface area contributed by atoms with Crippen LogP contribution in [0.1, 0.15) is 6.92 Å². The van der Waals surface area contributed by atoms with Crippen molar-refractivity contribution in [2.24, 2.45) is 0 Å². The first-order chi connectivity index (χ1) is 12.5. The van der Waals surface area contributed by atoms with Gasteiger partial charge in [0.2, 0.25) is 5.91 Å². The summed E-state index contributed by atoms with van der Waals surface area (Å²) >= 11 is 1.10. The van der Waals surface area contributed by atoms with Gasteiger partial charge in [0.25, 0.3) is 0 Å². The van der Waals surface area contributed by atoms with Crippen LogP contribution >= 0.6 is 11.8 Å². The number of amides is 1. The fourth-order valence-electron chi connectivity index (χ4n) is 2.14. The molecule has 1 atom stereocenters. The molecule has 1 amide bonds. The van der Waals surface area contributed by atoms with Crippen LogP contribution in [0.4, 0.5) is 18.9 Å². The van der Waals surface area contributed by atoms with Crippen LogP contribution in [0.3, 0.4) is 0 Å². The van der Waals surface area contributed by atoms with Crippen LogP contribution in [0.2, 0.25) is 0 Å². The van der Waals surface area contributed by atoms with Gasteiger partial charge < -0.3 is 5.32 Å². The number of aromatic nitrogens is 3. The zero-order valence-electron chi connectivity index (χ0n) is 13.5. The van der Waals surface area contributed by atoms with Gasteiger partial charge in [0.1, 0.15) is 6.33 Å². The van der Waals surface area contributed by atoms with Crippen LogP contribution in [0.15, 0.2) is 53.9 Å². The van der Waals surface area contributed by atoms with Gasteiger partial charge in [0.15, 0.2) is 22.6 Å². The molecule has 0 aliphatic heterocycles. The van der Waals surface area contributed by atoms with E-state index in [1.54, 1.807) is 11.5 Å². The number of nitrogens with zero attached hydrogens (tertiary/aromatic N) is 3. The molecule has 0 saturated heterocycles. The lowest BCUT2D eigenvalue weighted by Gasteiger charge is -2.13. The number of nitrogens with one attached hydrogen (secondary N) is 1.